The number of hydrogen-bond acceptors (Lipinski definition) is 6. The predicted octanol–water partition coefficient (Wildman–Crippen LogP) is 2.43. The van der Waals surface area contributed by atoms with Crippen LogP contribution in [-0.2, 0) is 14.4 Å². The zero-order valence-electron chi connectivity index (χ0n) is 16.2. The number of benzene rings is 1. The van der Waals surface area contributed by atoms with E-state index in [1.165, 1.54) is 18.2 Å². The van der Waals surface area contributed by atoms with Gasteiger partial charge in [-0.1, -0.05) is 18.2 Å². The van der Waals surface area contributed by atoms with Crippen LogP contribution in [0.4, 0.5) is 9.18 Å². The first-order valence-corrected chi connectivity index (χ1v) is 11.3. The maximum atomic E-state index is 13.8. The van der Waals surface area contributed by atoms with Gasteiger partial charge in [0.15, 0.2) is 0 Å². The van der Waals surface area contributed by atoms with E-state index in [2.05, 4.69) is 5.32 Å². The average Bonchev–Trinajstić information content (AvgIpc) is 3.30. The van der Waals surface area contributed by atoms with Crippen LogP contribution in [0.25, 0.3) is 6.08 Å². The predicted molar refractivity (Wildman–Crippen MR) is 113 cm³/mol. The Kier molecular flexibility index (Phi) is 5.63. The summed E-state index contributed by atoms with van der Waals surface area (Å²) in [5.41, 5.74) is 0.230. The number of nitrogens with one attached hydrogen (secondary N) is 1. The summed E-state index contributed by atoms with van der Waals surface area (Å²) in [6.07, 6.45) is 2.53. The Morgan fingerprint density at radius 1 is 1.33 bits per heavy atom. The number of amides is 4. The fourth-order valence-electron chi connectivity index (χ4n) is 3.85. The SMILES string of the molecule is CC12CCC(=O)N1C(C(=O)NCCN1C(=O)S/C(=C/c3ccccc3F)C1=O)CS2. The summed E-state index contributed by atoms with van der Waals surface area (Å²) >= 11 is 2.35. The van der Waals surface area contributed by atoms with E-state index in [0.717, 1.165) is 23.1 Å². The van der Waals surface area contributed by atoms with Crippen LogP contribution in [-0.4, -0.2) is 62.5 Å². The Labute approximate surface area is 181 Å². The Hall–Kier alpha value is -2.33. The van der Waals surface area contributed by atoms with Crippen LogP contribution < -0.4 is 5.32 Å². The van der Waals surface area contributed by atoms with Crippen molar-refractivity contribution in [3.05, 3.63) is 40.6 Å². The van der Waals surface area contributed by atoms with E-state index < -0.39 is 23.0 Å². The Morgan fingerprint density at radius 2 is 2.10 bits per heavy atom. The lowest BCUT2D eigenvalue weighted by molar-refractivity contribution is -0.137. The van der Waals surface area contributed by atoms with Crippen molar-refractivity contribution in [2.75, 3.05) is 18.8 Å². The minimum atomic E-state index is -0.536. The van der Waals surface area contributed by atoms with Crippen LogP contribution >= 0.6 is 23.5 Å². The molecule has 3 fully saturated rings. The topological polar surface area (TPSA) is 86.8 Å². The lowest BCUT2D eigenvalue weighted by Crippen LogP contribution is -2.51. The van der Waals surface area contributed by atoms with E-state index in [1.54, 1.807) is 28.8 Å². The number of nitrogens with zero attached hydrogens (tertiary/aromatic N) is 2. The van der Waals surface area contributed by atoms with Crippen molar-refractivity contribution in [2.24, 2.45) is 0 Å². The first-order valence-electron chi connectivity index (χ1n) is 9.54. The van der Waals surface area contributed by atoms with Crippen molar-refractivity contribution in [3.63, 3.8) is 0 Å². The summed E-state index contributed by atoms with van der Waals surface area (Å²) in [7, 11) is 0. The van der Waals surface area contributed by atoms with E-state index in [4.69, 9.17) is 0 Å². The second kappa shape index (κ2) is 8.07. The molecule has 0 aromatic heterocycles. The molecule has 1 aromatic carbocycles. The standard InChI is InChI=1S/C20H20FN3O4S2/c1-20-7-6-16(25)24(20)14(11-29-20)17(26)22-8-9-23-18(27)15(30-19(23)28)10-12-4-2-3-5-13(12)21/h2-5,10,14H,6-9,11H2,1H3,(H,22,26)/b15-10+. The molecule has 1 aromatic rings. The molecule has 3 aliphatic rings. The minimum absolute atomic E-state index is 0.0100. The first kappa shape index (κ1) is 20.9. The third-order valence-corrected chi connectivity index (χ3v) is 7.86. The summed E-state index contributed by atoms with van der Waals surface area (Å²) in [4.78, 5) is 52.0. The van der Waals surface area contributed by atoms with Gasteiger partial charge in [0.2, 0.25) is 11.8 Å². The van der Waals surface area contributed by atoms with E-state index in [9.17, 15) is 23.6 Å². The number of halogens is 1. The zero-order chi connectivity index (χ0) is 21.5. The molecule has 0 spiro atoms. The molecule has 0 bridgehead atoms. The molecule has 4 rings (SSSR count). The molecule has 30 heavy (non-hydrogen) atoms. The van der Waals surface area contributed by atoms with E-state index in [1.807, 2.05) is 6.92 Å². The molecule has 10 heteroatoms. The maximum absolute atomic E-state index is 13.8. The maximum Gasteiger partial charge on any atom is 0.293 e. The van der Waals surface area contributed by atoms with E-state index in [-0.39, 0.29) is 40.2 Å². The highest BCUT2D eigenvalue weighted by Gasteiger charge is 2.52. The van der Waals surface area contributed by atoms with Crippen molar-refractivity contribution in [2.45, 2.75) is 30.7 Å². The molecule has 4 amide bonds. The summed E-state index contributed by atoms with van der Waals surface area (Å²) < 4.78 is 13.8. The van der Waals surface area contributed by atoms with Crippen LogP contribution in [0.3, 0.4) is 0 Å². The fraction of sp³-hybridized carbons (Fsp3) is 0.400. The summed E-state index contributed by atoms with van der Waals surface area (Å²) in [5.74, 6) is -0.765. The van der Waals surface area contributed by atoms with Gasteiger partial charge in [-0.3, -0.25) is 24.1 Å². The smallest absolute Gasteiger partial charge is 0.293 e. The monoisotopic (exact) mass is 449 g/mol. The fourth-order valence-corrected chi connectivity index (χ4v) is 6.14. The lowest BCUT2D eigenvalue weighted by atomic mass is 10.2. The van der Waals surface area contributed by atoms with Gasteiger partial charge >= 0.3 is 0 Å². The van der Waals surface area contributed by atoms with Gasteiger partial charge in [0.1, 0.15) is 11.9 Å². The molecule has 3 heterocycles. The molecule has 0 radical (unpaired) electrons. The number of hydrogen-bond donors (Lipinski definition) is 1. The van der Waals surface area contributed by atoms with Gasteiger partial charge in [-0.2, -0.15) is 0 Å². The molecule has 0 aliphatic carbocycles. The van der Waals surface area contributed by atoms with Gasteiger partial charge in [0.25, 0.3) is 11.1 Å². The second-order valence-electron chi connectivity index (χ2n) is 7.41. The largest absolute Gasteiger partial charge is 0.352 e. The summed E-state index contributed by atoms with van der Waals surface area (Å²) in [5, 5.41) is 2.27. The highest BCUT2D eigenvalue weighted by Crippen LogP contribution is 2.47. The Morgan fingerprint density at radius 3 is 2.87 bits per heavy atom. The average molecular weight is 450 g/mol. The van der Waals surface area contributed by atoms with Crippen molar-refractivity contribution in [1.29, 1.82) is 0 Å². The molecule has 2 atom stereocenters. The van der Waals surface area contributed by atoms with Gasteiger partial charge in [-0.15, -0.1) is 11.8 Å². The van der Waals surface area contributed by atoms with Crippen LogP contribution in [0.2, 0.25) is 0 Å². The summed E-state index contributed by atoms with van der Waals surface area (Å²) in [6.45, 7) is 2.07. The molecule has 3 saturated heterocycles. The molecular weight excluding hydrogens is 429 g/mol. The molecule has 3 aliphatic heterocycles. The van der Waals surface area contributed by atoms with Crippen molar-refractivity contribution in [1.82, 2.24) is 15.1 Å². The van der Waals surface area contributed by atoms with Gasteiger partial charge in [-0.25, -0.2) is 4.39 Å². The molecule has 0 saturated carbocycles. The molecule has 7 nitrogen and oxygen atoms in total. The quantitative estimate of drug-likeness (QED) is 0.695. The van der Waals surface area contributed by atoms with E-state index >= 15 is 0 Å². The molecule has 1 N–H and O–H groups in total. The third kappa shape index (κ3) is 3.74. The minimum Gasteiger partial charge on any atom is -0.352 e. The Bertz CT molecular complexity index is 969. The second-order valence-corrected chi connectivity index (χ2v) is 9.91. The lowest BCUT2D eigenvalue weighted by Gasteiger charge is -2.29. The van der Waals surface area contributed by atoms with Gasteiger partial charge < -0.3 is 10.2 Å². The highest BCUT2D eigenvalue weighted by atomic mass is 32.2. The van der Waals surface area contributed by atoms with Crippen LogP contribution in [0, 0.1) is 5.82 Å². The number of imide groups is 1. The molecular formula is C20H20FN3O4S2. The molecule has 2 unspecified atom stereocenters. The summed E-state index contributed by atoms with van der Waals surface area (Å²) in [6, 6.07) is 5.46. The van der Waals surface area contributed by atoms with Crippen molar-refractivity contribution in [3.8, 4) is 0 Å². The highest BCUT2D eigenvalue weighted by molar-refractivity contribution is 8.18. The van der Waals surface area contributed by atoms with Crippen molar-refractivity contribution >= 4 is 52.6 Å². The van der Waals surface area contributed by atoms with Gasteiger partial charge in [-0.05, 0) is 37.2 Å². The van der Waals surface area contributed by atoms with E-state index in [0.29, 0.717) is 12.2 Å². The van der Waals surface area contributed by atoms with Gasteiger partial charge in [0.05, 0.1) is 9.78 Å². The number of carbonyl (C=O) groups is 4. The van der Waals surface area contributed by atoms with Crippen LogP contribution in [0.1, 0.15) is 25.3 Å². The van der Waals surface area contributed by atoms with Crippen LogP contribution in [0.15, 0.2) is 29.2 Å². The Balaban J connectivity index is 1.35. The number of thioether (sulfide) groups is 2. The third-order valence-electron chi connectivity index (χ3n) is 5.45. The zero-order valence-corrected chi connectivity index (χ0v) is 17.9. The molecule has 158 valence electrons. The number of fused-ring (bicyclic) bond motifs is 1. The number of rotatable bonds is 5. The normalized spacial score (nSPS) is 27.3. The number of carbonyl (C=O) groups excluding carboxylic acids is 4. The van der Waals surface area contributed by atoms with Crippen molar-refractivity contribution < 1.29 is 23.6 Å². The van der Waals surface area contributed by atoms with Crippen LogP contribution in [0.5, 0.6) is 0 Å². The first-order chi connectivity index (χ1) is 14.3. The van der Waals surface area contributed by atoms with Gasteiger partial charge in [0, 0.05) is 30.8 Å².